The Morgan fingerprint density at radius 2 is 2.26 bits per heavy atom. The number of alkyl carbamates (subject to hydrolysis) is 1. The fraction of sp³-hybridized carbons (Fsp3) is 0.667. The Balaban J connectivity index is 1.77. The van der Waals surface area contributed by atoms with Crippen LogP contribution in [0.15, 0.2) is 11.6 Å². The zero-order chi connectivity index (χ0) is 16.9. The number of ether oxygens (including phenoxy) is 1. The molecule has 1 aromatic rings. The highest BCUT2D eigenvalue weighted by Crippen LogP contribution is 2.18. The smallest absolute Gasteiger partial charge is 0.407 e. The van der Waals surface area contributed by atoms with Gasteiger partial charge in [0.2, 0.25) is 0 Å². The van der Waals surface area contributed by atoms with Crippen molar-refractivity contribution in [2.75, 3.05) is 25.0 Å². The maximum absolute atomic E-state index is 12.2. The van der Waals surface area contributed by atoms with Crippen molar-refractivity contribution < 1.29 is 14.3 Å². The average molecular weight is 340 g/mol. The molecule has 2 heterocycles. The molecule has 1 unspecified atom stereocenters. The van der Waals surface area contributed by atoms with Crippen molar-refractivity contribution in [1.82, 2.24) is 15.2 Å². The molecule has 7 nitrogen and oxygen atoms in total. The second-order valence-corrected chi connectivity index (χ2v) is 7.50. The van der Waals surface area contributed by atoms with Gasteiger partial charge in [-0.1, -0.05) is 0 Å². The van der Waals surface area contributed by atoms with Gasteiger partial charge in [0.05, 0.1) is 0 Å². The highest BCUT2D eigenvalue weighted by atomic mass is 32.1. The number of nitrogens with zero attached hydrogens (tertiary/aromatic N) is 2. The highest BCUT2D eigenvalue weighted by molar-refractivity contribution is 7.13. The Labute approximate surface area is 140 Å². The number of nitrogens with one attached hydrogen (secondary N) is 2. The Morgan fingerprint density at radius 3 is 2.91 bits per heavy atom. The molecule has 8 heteroatoms. The minimum absolute atomic E-state index is 0.137. The molecule has 3 amide bonds. The third kappa shape index (κ3) is 6.05. The third-order valence-electron chi connectivity index (χ3n) is 3.39. The van der Waals surface area contributed by atoms with Crippen LogP contribution in [0.2, 0.25) is 0 Å². The number of piperidine rings is 1. The largest absolute Gasteiger partial charge is 0.444 e. The van der Waals surface area contributed by atoms with E-state index in [4.69, 9.17) is 4.74 Å². The molecule has 1 fully saturated rings. The molecule has 0 bridgehead atoms. The van der Waals surface area contributed by atoms with Crippen molar-refractivity contribution in [3.05, 3.63) is 11.6 Å². The van der Waals surface area contributed by atoms with Gasteiger partial charge in [0.25, 0.3) is 0 Å². The summed E-state index contributed by atoms with van der Waals surface area (Å²) in [6, 6.07) is -0.137. The molecule has 0 saturated carbocycles. The summed E-state index contributed by atoms with van der Waals surface area (Å²) in [5.41, 5.74) is -0.504. The number of thiazole rings is 1. The molecule has 1 aliphatic rings. The fourth-order valence-corrected chi connectivity index (χ4v) is 2.93. The van der Waals surface area contributed by atoms with Gasteiger partial charge in [0.1, 0.15) is 5.60 Å². The van der Waals surface area contributed by atoms with Gasteiger partial charge < -0.3 is 15.0 Å². The number of hydrogen-bond donors (Lipinski definition) is 2. The van der Waals surface area contributed by atoms with Crippen LogP contribution >= 0.6 is 11.3 Å². The van der Waals surface area contributed by atoms with E-state index in [0.717, 1.165) is 19.4 Å². The predicted molar refractivity (Wildman–Crippen MR) is 89.7 cm³/mol. The topological polar surface area (TPSA) is 83.6 Å². The number of aromatic nitrogens is 1. The number of amides is 3. The summed E-state index contributed by atoms with van der Waals surface area (Å²) in [7, 11) is 0. The average Bonchev–Trinajstić information content (AvgIpc) is 2.96. The van der Waals surface area contributed by atoms with Crippen molar-refractivity contribution in [3.63, 3.8) is 0 Å². The molecular weight excluding hydrogens is 316 g/mol. The van der Waals surface area contributed by atoms with Gasteiger partial charge in [0.15, 0.2) is 5.13 Å². The Kier molecular flexibility index (Phi) is 5.81. The lowest BCUT2D eigenvalue weighted by Gasteiger charge is -2.32. The molecule has 0 spiro atoms. The maximum atomic E-state index is 12.2. The van der Waals surface area contributed by atoms with E-state index in [9.17, 15) is 9.59 Å². The van der Waals surface area contributed by atoms with Crippen LogP contribution in [0.1, 0.15) is 33.6 Å². The van der Waals surface area contributed by atoms with E-state index in [0.29, 0.717) is 18.2 Å². The molecule has 0 aliphatic carbocycles. The van der Waals surface area contributed by atoms with Crippen LogP contribution < -0.4 is 10.6 Å². The summed E-state index contributed by atoms with van der Waals surface area (Å²) in [5, 5.41) is 7.99. The first-order valence-electron chi connectivity index (χ1n) is 7.76. The highest BCUT2D eigenvalue weighted by Gasteiger charge is 2.25. The van der Waals surface area contributed by atoms with E-state index in [1.807, 2.05) is 26.2 Å². The summed E-state index contributed by atoms with van der Waals surface area (Å²) < 4.78 is 5.22. The zero-order valence-electron chi connectivity index (χ0n) is 13.8. The fourth-order valence-electron chi connectivity index (χ4n) is 2.41. The van der Waals surface area contributed by atoms with Crippen molar-refractivity contribution in [2.24, 2.45) is 5.92 Å². The summed E-state index contributed by atoms with van der Waals surface area (Å²) in [4.78, 5) is 29.7. The summed E-state index contributed by atoms with van der Waals surface area (Å²) in [5.74, 6) is 0.235. The van der Waals surface area contributed by atoms with Crippen LogP contribution in [-0.2, 0) is 4.74 Å². The minimum Gasteiger partial charge on any atom is -0.444 e. The van der Waals surface area contributed by atoms with E-state index < -0.39 is 11.7 Å². The lowest BCUT2D eigenvalue weighted by molar-refractivity contribution is 0.0512. The van der Waals surface area contributed by atoms with E-state index in [2.05, 4.69) is 15.6 Å². The van der Waals surface area contributed by atoms with Crippen molar-refractivity contribution >= 4 is 28.6 Å². The first-order valence-corrected chi connectivity index (χ1v) is 8.64. The van der Waals surface area contributed by atoms with Gasteiger partial charge in [-0.2, -0.15) is 0 Å². The second-order valence-electron chi connectivity index (χ2n) is 6.60. The molecule has 0 radical (unpaired) electrons. The van der Waals surface area contributed by atoms with Crippen LogP contribution in [0.4, 0.5) is 14.7 Å². The maximum Gasteiger partial charge on any atom is 0.407 e. The Morgan fingerprint density at radius 1 is 1.48 bits per heavy atom. The van der Waals surface area contributed by atoms with Crippen molar-refractivity contribution in [3.8, 4) is 0 Å². The normalized spacial score (nSPS) is 18.4. The molecule has 128 valence electrons. The van der Waals surface area contributed by atoms with E-state index >= 15 is 0 Å². The van der Waals surface area contributed by atoms with Gasteiger partial charge in [-0.25, -0.2) is 14.6 Å². The lowest BCUT2D eigenvalue weighted by Crippen LogP contribution is -2.45. The Bertz CT molecular complexity index is 527. The number of hydrogen-bond acceptors (Lipinski definition) is 5. The monoisotopic (exact) mass is 340 g/mol. The lowest BCUT2D eigenvalue weighted by atomic mass is 9.98. The molecule has 23 heavy (non-hydrogen) atoms. The molecule has 2 N–H and O–H groups in total. The number of carbonyl (C=O) groups excluding carboxylic acids is 2. The summed E-state index contributed by atoms with van der Waals surface area (Å²) in [6.45, 7) is 7.34. The first kappa shape index (κ1) is 17.5. The number of likely N-dealkylation sites (tertiary alicyclic amines) is 1. The van der Waals surface area contributed by atoms with Crippen LogP contribution in [0, 0.1) is 5.92 Å². The molecule has 1 atom stereocenters. The molecule has 1 aromatic heterocycles. The predicted octanol–water partition coefficient (Wildman–Crippen LogP) is 2.91. The standard InChI is InChI=1S/C15H24N4O3S/c1-15(2,3)22-14(21)17-9-11-5-4-7-19(10-11)13(20)18-12-16-6-8-23-12/h6,8,11H,4-5,7,9-10H2,1-3H3,(H,17,21)(H,16,18,20). The van der Waals surface area contributed by atoms with Crippen LogP contribution in [0.5, 0.6) is 0 Å². The molecule has 1 aliphatic heterocycles. The minimum atomic E-state index is -0.504. The van der Waals surface area contributed by atoms with E-state index in [1.165, 1.54) is 11.3 Å². The van der Waals surface area contributed by atoms with Crippen LogP contribution in [0.25, 0.3) is 0 Å². The van der Waals surface area contributed by atoms with Crippen LogP contribution in [-0.4, -0.2) is 47.2 Å². The van der Waals surface area contributed by atoms with Crippen molar-refractivity contribution in [1.29, 1.82) is 0 Å². The van der Waals surface area contributed by atoms with Gasteiger partial charge in [-0.3, -0.25) is 5.32 Å². The summed E-state index contributed by atoms with van der Waals surface area (Å²) in [6.07, 6.45) is 3.15. The third-order valence-corrected chi connectivity index (χ3v) is 4.07. The second kappa shape index (κ2) is 7.63. The van der Waals surface area contributed by atoms with E-state index in [-0.39, 0.29) is 11.9 Å². The molecule has 0 aromatic carbocycles. The molecular formula is C15H24N4O3S. The number of anilines is 1. The zero-order valence-corrected chi connectivity index (χ0v) is 14.6. The number of urea groups is 1. The Hall–Kier alpha value is -1.83. The SMILES string of the molecule is CC(C)(C)OC(=O)NCC1CCCN(C(=O)Nc2nccs2)C1. The van der Waals surface area contributed by atoms with Gasteiger partial charge >= 0.3 is 12.1 Å². The van der Waals surface area contributed by atoms with Gasteiger partial charge in [0, 0.05) is 31.2 Å². The number of carbonyl (C=O) groups is 2. The first-order chi connectivity index (χ1) is 10.8. The van der Waals surface area contributed by atoms with E-state index in [1.54, 1.807) is 11.1 Å². The quantitative estimate of drug-likeness (QED) is 0.886. The van der Waals surface area contributed by atoms with Gasteiger partial charge in [-0.15, -0.1) is 11.3 Å². The van der Waals surface area contributed by atoms with Crippen molar-refractivity contribution in [2.45, 2.75) is 39.2 Å². The molecule has 1 saturated heterocycles. The summed E-state index contributed by atoms with van der Waals surface area (Å²) >= 11 is 1.39. The number of rotatable bonds is 3. The van der Waals surface area contributed by atoms with Crippen LogP contribution in [0.3, 0.4) is 0 Å². The van der Waals surface area contributed by atoms with Gasteiger partial charge in [-0.05, 0) is 39.5 Å². The molecule has 2 rings (SSSR count).